The van der Waals surface area contributed by atoms with Crippen LogP contribution in [0.1, 0.15) is 36.7 Å². The van der Waals surface area contributed by atoms with Crippen molar-refractivity contribution in [2.45, 2.75) is 20.8 Å². The lowest BCUT2D eigenvalue weighted by molar-refractivity contribution is -0.114. The number of anilines is 2. The first-order valence-electron chi connectivity index (χ1n) is 8.48. The largest absolute Gasteiger partial charge is 0.372 e. The van der Waals surface area contributed by atoms with E-state index in [0.29, 0.717) is 11.3 Å². The molecule has 0 aliphatic rings. The molecule has 2 aromatic rings. The molecular weight excluding hydrogens is 312 g/mol. The zero-order valence-electron chi connectivity index (χ0n) is 15.0. The number of ketones is 1. The summed E-state index contributed by atoms with van der Waals surface area (Å²) in [4.78, 5) is 25.5. The minimum atomic E-state index is -0.132. The average Bonchev–Trinajstić information content (AvgIpc) is 2.62. The summed E-state index contributed by atoms with van der Waals surface area (Å²) in [6, 6.07) is 15.0. The van der Waals surface area contributed by atoms with E-state index in [-0.39, 0.29) is 11.7 Å². The number of amides is 1. The monoisotopic (exact) mass is 336 g/mol. The standard InChI is InChI=1S/C21H24N2O2/c1-4-23(5-2)20-13-6-17(7-14-20)8-15-21(25)18-9-11-19(12-10-18)22-16(3)24/h6-15H,4-5H2,1-3H3,(H,22,24). The summed E-state index contributed by atoms with van der Waals surface area (Å²) in [6.07, 6.45) is 3.38. The maximum atomic E-state index is 12.2. The zero-order chi connectivity index (χ0) is 18.2. The van der Waals surface area contributed by atoms with E-state index in [2.05, 4.69) is 36.2 Å². The van der Waals surface area contributed by atoms with Gasteiger partial charge in [0, 0.05) is 37.0 Å². The van der Waals surface area contributed by atoms with Crippen LogP contribution in [0, 0.1) is 0 Å². The summed E-state index contributed by atoms with van der Waals surface area (Å²) in [6.45, 7) is 7.66. The van der Waals surface area contributed by atoms with Gasteiger partial charge in [-0.25, -0.2) is 0 Å². The first-order chi connectivity index (χ1) is 12.0. The first kappa shape index (κ1) is 18.5. The molecule has 2 rings (SSSR count). The third-order valence-corrected chi connectivity index (χ3v) is 3.94. The van der Waals surface area contributed by atoms with Gasteiger partial charge in [-0.1, -0.05) is 18.2 Å². The molecule has 1 N–H and O–H groups in total. The molecule has 0 fully saturated rings. The Hall–Kier alpha value is -2.88. The number of hydrogen-bond donors (Lipinski definition) is 1. The van der Waals surface area contributed by atoms with Crippen molar-refractivity contribution < 1.29 is 9.59 Å². The minimum Gasteiger partial charge on any atom is -0.372 e. The van der Waals surface area contributed by atoms with Crippen LogP contribution in [0.4, 0.5) is 11.4 Å². The molecule has 0 saturated heterocycles. The quantitative estimate of drug-likeness (QED) is 0.603. The van der Waals surface area contributed by atoms with Crippen molar-refractivity contribution in [3.63, 3.8) is 0 Å². The Morgan fingerprint density at radius 1 is 0.960 bits per heavy atom. The van der Waals surface area contributed by atoms with Gasteiger partial charge in [0.05, 0.1) is 0 Å². The summed E-state index contributed by atoms with van der Waals surface area (Å²) in [5.74, 6) is -0.200. The SMILES string of the molecule is CCN(CC)c1ccc(C=CC(=O)c2ccc(NC(C)=O)cc2)cc1. The Morgan fingerprint density at radius 2 is 1.56 bits per heavy atom. The van der Waals surface area contributed by atoms with Crippen LogP contribution in [0.3, 0.4) is 0 Å². The Morgan fingerprint density at radius 3 is 2.08 bits per heavy atom. The summed E-state index contributed by atoms with van der Waals surface area (Å²) >= 11 is 0. The highest BCUT2D eigenvalue weighted by atomic mass is 16.1. The van der Waals surface area contributed by atoms with Gasteiger partial charge in [0.1, 0.15) is 0 Å². The summed E-state index contributed by atoms with van der Waals surface area (Å²) in [5.41, 5.74) is 3.44. The van der Waals surface area contributed by atoms with Crippen molar-refractivity contribution in [2.24, 2.45) is 0 Å². The lowest BCUT2D eigenvalue weighted by Gasteiger charge is -2.20. The van der Waals surface area contributed by atoms with Gasteiger partial charge >= 0.3 is 0 Å². The van der Waals surface area contributed by atoms with Crippen molar-refractivity contribution in [3.05, 3.63) is 65.7 Å². The number of carbonyl (C=O) groups is 2. The first-order valence-corrected chi connectivity index (χ1v) is 8.48. The average molecular weight is 336 g/mol. The second-order valence-electron chi connectivity index (χ2n) is 5.72. The molecule has 0 aromatic heterocycles. The molecule has 0 saturated carbocycles. The number of benzene rings is 2. The lowest BCUT2D eigenvalue weighted by atomic mass is 10.1. The molecule has 2 aromatic carbocycles. The highest BCUT2D eigenvalue weighted by molar-refractivity contribution is 6.07. The van der Waals surface area contributed by atoms with Crippen LogP contribution < -0.4 is 10.2 Å². The molecule has 4 heteroatoms. The molecular formula is C21H24N2O2. The number of rotatable bonds is 7. The van der Waals surface area contributed by atoms with E-state index in [4.69, 9.17) is 0 Å². The van der Waals surface area contributed by atoms with Crippen molar-refractivity contribution >= 4 is 29.1 Å². The highest BCUT2D eigenvalue weighted by Gasteiger charge is 2.03. The topological polar surface area (TPSA) is 49.4 Å². The second kappa shape index (κ2) is 8.83. The Balaban J connectivity index is 2.03. The Bertz CT molecular complexity index is 742. The van der Waals surface area contributed by atoms with Gasteiger partial charge in [-0.2, -0.15) is 0 Å². The maximum Gasteiger partial charge on any atom is 0.221 e. The van der Waals surface area contributed by atoms with E-state index in [9.17, 15) is 9.59 Å². The fourth-order valence-corrected chi connectivity index (χ4v) is 2.57. The van der Waals surface area contributed by atoms with Crippen molar-refractivity contribution in [2.75, 3.05) is 23.3 Å². The molecule has 0 spiro atoms. The van der Waals surface area contributed by atoms with Crippen LogP contribution >= 0.6 is 0 Å². The molecule has 0 atom stereocenters. The molecule has 0 heterocycles. The molecule has 0 radical (unpaired) electrons. The third-order valence-electron chi connectivity index (χ3n) is 3.94. The van der Waals surface area contributed by atoms with E-state index in [0.717, 1.165) is 18.7 Å². The molecule has 0 aliphatic carbocycles. The number of nitrogens with one attached hydrogen (secondary N) is 1. The lowest BCUT2D eigenvalue weighted by Crippen LogP contribution is -2.21. The van der Waals surface area contributed by atoms with Gasteiger partial charge < -0.3 is 10.2 Å². The molecule has 0 aliphatic heterocycles. The summed E-state index contributed by atoms with van der Waals surface area (Å²) in [7, 11) is 0. The van der Waals surface area contributed by atoms with Crippen LogP contribution in [-0.2, 0) is 4.79 Å². The van der Waals surface area contributed by atoms with E-state index < -0.39 is 0 Å². The number of hydrogen-bond acceptors (Lipinski definition) is 3. The van der Waals surface area contributed by atoms with E-state index in [1.807, 2.05) is 18.2 Å². The van der Waals surface area contributed by atoms with Crippen LogP contribution in [-0.4, -0.2) is 24.8 Å². The van der Waals surface area contributed by atoms with Gasteiger partial charge in [0.15, 0.2) is 5.78 Å². The summed E-state index contributed by atoms with van der Waals surface area (Å²) in [5, 5.41) is 2.68. The van der Waals surface area contributed by atoms with Gasteiger partial charge in [-0.15, -0.1) is 0 Å². The number of carbonyl (C=O) groups excluding carboxylic acids is 2. The fourth-order valence-electron chi connectivity index (χ4n) is 2.57. The zero-order valence-corrected chi connectivity index (χ0v) is 15.0. The molecule has 1 amide bonds. The van der Waals surface area contributed by atoms with E-state index >= 15 is 0 Å². The normalized spacial score (nSPS) is 10.7. The summed E-state index contributed by atoms with van der Waals surface area (Å²) < 4.78 is 0. The minimum absolute atomic E-state index is 0.0674. The Kier molecular flexibility index (Phi) is 6.52. The highest BCUT2D eigenvalue weighted by Crippen LogP contribution is 2.16. The van der Waals surface area contributed by atoms with Gasteiger partial charge in [-0.3, -0.25) is 9.59 Å². The van der Waals surface area contributed by atoms with Crippen LogP contribution in [0.5, 0.6) is 0 Å². The predicted molar refractivity (Wildman–Crippen MR) is 104 cm³/mol. The second-order valence-corrected chi connectivity index (χ2v) is 5.72. The van der Waals surface area contributed by atoms with Crippen molar-refractivity contribution in [3.8, 4) is 0 Å². The predicted octanol–water partition coefficient (Wildman–Crippen LogP) is 4.39. The number of nitrogens with zero attached hydrogens (tertiary/aromatic N) is 1. The fraction of sp³-hybridized carbons (Fsp3) is 0.238. The van der Waals surface area contributed by atoms with Gasteiger partial charge in [0.2, 0.25) is 5.91 Å². The van der Waals surface area contributed by atoms with Crippen LogP contribution in [0.25, 0.3) is 6.08 Å². The van der Waals surface area contributed by atoms with Crippen LogP contribution in [0.2, 0.25) is 0 Å². The van der Waals surface area contributed by atoms with E-state index in [1.54, 1.807) is 30.3 Å². The van der Waals surface area contributed by atoms with Crippen molar-refractivity contribution in [1.82, 2.24) is 0 Å². The van der Waals surface area contributed by atoms with Crippen molar-refractivity contribution in [1.29, 1.82) is 0 Å². The molecule has 25 heavy (non-hydrogen) atoms. The maximum absolute atomic E-state index is 12.2. The van der Waals surface area contributed by atoms with Crippen LogP contribution in [0.15, 0.2) is 54.6 Å². The smallest absolute Gasteiger partial charge is 0.221 e. The molecule has 130 valence electrons. The third kappa shape index (κ3) is 5.31. The van der Waals surface area contributed by atoms with Gasteiger partial charge in [0.25, 0.3) is 0 Å². The Labute approximate surface area is 149 Å². The molecule has 0 bridgehead atoms. The number of allylic oxidation sites excluding steroid dienone is 1. The van der Waals surface area contributed by atoms with Gasteiger partial charge in [-0.05, 0) is 61.9 Å². The van der Waals surface area contributed by atoms with E-state index in [1.165, 1.54) is 12.6 Å². The molecule has 0 unspecified atom stereocenters. The molecule has 4 nitrogen and oxygen atoms in total.